The minimum Gasteiger partial charge on any atom is -0.468 e. The fraction of sp³-hybridized carbons (Fsp3) is 0.136. The summed E-state index contributed by atoms with van der Waals surface area (Å²) in [5.74, 6) is 0.470. The zero-order valence-electron chi connectivity index (χ0n) is 16.6. The van der Waals surface area contributed by atoms with Crippen molar-refractivity contribution in [3.8, 4) is 5.75 Å². The maximum Gasteiger partial charge on any atom is 0.277 e. The van der Waals surface area contributed by atoms with E-state index in [2.05, 4.69) is 15.5 Å². The van der Waals surface area contributed by atoms with E-state index in [1.165, 1.54) is 4.68 Å². The van der Waals surface area contributed by atoms with Crippen molar-refractivity contribution in [3.05, 3.63) is 93.9 Å². The summed E-state index contributed by atoms with van der Waals surface area (Å²) in [6.45, 7) is 2.62. The van der Waals surface area contributed by atoms with E-state index in [0.717, 1.165) is 11.3 Å². The summed E-state index contributed by atoms with van der Waals surface area (Å²) < 4.78 is 8.95. The smallest absolute Gasteiger partial charge is 0.277 e. The lowest BCUT2D eigenvalue weighted by atomic mass is 10.2. The Morgan fingerprint density at radius 2 is 1.77 bits per heavy atom. The summed E-state index contributed by atoms with van der Waals surface area (Å²) in [4.78, 5) is 12.6. The molecule has 0 aliphatic heterocycles. The van der Waals surface area contributed by atoms with Gasteiger partial charge in [-0.15, -0.1) is 0 Å². The SMILES string of the molecule is Cc1cc(NC(=O)c2ccn(COc3c(Cl)cccc3Cl)n2)nn1Cc1ccccc1. The number of rotatable bonds is 7. The molecular formula is C22H19Cl2N5O2. The van der Waals surface area contributed by atoms with Crippen molar-refractivity contribution in [2.75, 3.05) is 5.32 Å². The highest BCUT2D eigenvalue weighted by Gasteiger charge is 2.14. The van der Waals surface area contributed by atoms with E-state index >= 15 is 0 Å². The molecule has 1 amide bonds. The number of nitrogens with zero attached hydrogens (tertiary/aromatic N) is 4. The molecule has 2 heterocycles. The van der Waals surface area contributed by atoms with Crippen molar-refractivity contribution in [2.45, 2.75) is 20.2 Å². The second kappa shape index (κ2) is 9.24. The molecule has 0 unspecified atom stereocenters. The van der Waals surface area contributed by atoms with E-state index in [1.54, 1.807) is 30.5 Å². The number of carbonyl (C=O) groups is 1. The Balaban J connectivity index is 1.38. The summed E-state index contributed by atoms with van der Waals surface area (Å²) in [6.07, 6.45) is 1.64. The van der Waals surface area contributed by atoms with Crippen molar-refractivity contribution in [2.24, 2.45) is 0 Å². The number of aromatic nitrogens is 4. The Kier molecular flexibility index (Phi) is 6.25. The molecule has 0 fully saturated rings. The van der Waals surface area contributed by atoms with Crippen LogP contribution >= 0.6 is 23.2 Å². The van der Waals surface area contributed by atoms with Crippen LogP contribution < -0.4 is 10.1 Å². The molecule has 4 aromatic rings. The fourth-order valence-corrected chi connectivity index (χ4v) is 3.48. The second-order valence-electron chi connectivity index (χ2n) is 6.83. The van der Waals surface area contributed by atoms with Gasteiger partial charge < -0.3 is 10.1 Å². The number of halogens is 2. The highest BCUT2D eigenvalue weighted by atomic mass is 35.5. The van der Waals surface area contributed by atoms with Gasteiger partial charge >= 0.3 is 0 Å². The average molecular weight is 456 g/mol. The van der Waals surface area contributed by atoms with Gasteiger partial charge in [0, 0.05) is 18.0 Å². The number of benzene rings is 2. The molecule has 0 aliphatic rings. The largest absolute Gasteiger partial charge is 0.468 e. The lowest BCUT2D eigenvalue weighted by Crippen LogP contribution is -2.15. The van der Waals surface area contributed by atoms with Crippen molar-refractivity contribution in [1.29, 1.82) is 0 Å². The first-order valence-electron chi connectivity index (χ1n) is 9.49. The molecule has 0 saturated carbocycles. The third kappa shape index (κ3) is 5.07. The molecule has 31 heavy (non-hydrogen) atoms. The minimum absolute atomic E-state index is 0.0571. The third-order valence-electron chi connectivity index (χ3n) is 4.53. The van der Waals surface area contributed by atoms with Crippen LogP contribution in [-0.2, 0) is 13.3 Å². The number of anilines is 1. The molecule has 0 saturated heterocycles. The molecule has 0 spiro atoms. The van der Waals surface area contributed by atoms with Gasteiger partial charge in [-0.3, -0.25) is 9.48 Å². The van der Waals surface area contributed by atoms with Crippen LogP contribution in [0.25, 0.3) is 0 Å². The van der Waals surface area contributed by atoms with Gasteiger partial charge in [0.05, 0.1) is 16.6 Å². The normalized spacial score (nSPS) is 10.8. The van der Waals surface area contributed by atoms with E-state index in [0.29, 0.717) is 28.2 Å². The van der Waals surface area contributed by atoms with Crippen LogP contribution in [0.1, 0.15) is 21.7 Å². The number of nitrogens with one attached hydrogen (secondary N) is 1. The summed E-state index contributed by atoms with van der Waals surface area (Å²) in [5.41, 5.74) is 2.31. The number of ether oxygens (including phenoxy) is 1. The molecule has 0 aliphatic carbocycles. The number of aryl methyl sites for hydroxylation is 1. The van der Waals surface area contributed by atoms with Gasteiger partial charge in [0.1, 0.15) is 0 Å². The standard InChI is InChI=1S/C22H19Cl2N5O2/c1-15-12-20(27-29(15)13-16-6-3-2-4-7-16)25-22(30)19-10-11-28(26-19)14-31-21-17(23)8-5-9-18(21)24/h2-12H,13-14H2,1H3,(H,25,27,30). The highest BCUT2D eigenvalue weighted by Crippen LogP contribution is 2.32. The Labute approximate surface area is 189 Å². The Hall–Kier alpha value is -3.29. The van der Waals surface area contributed by atoms with Gasteiger partial charge in [-0.25, -0.2) is 4.68 Å². The molecule has 0 radical (unpaired) electrons. The topological polar surface area (TPSA) is 74.0 Å². The van der Waals surface area contributed by atoms with E-state index in [4.69, 9.17) is 27.9 Å². The maximum absolute atomic E-state index is 12.6. The van der Waals surface area contributed by atoms with Gasteiger partial charge in [-0.05, 0) is 30.7 Å². The van der Waals surface area contributed by atoms with Crippen molar-refractivity contribution >= 4 is 34.9 Å². The van der Waals surface area contributed by atoms with Crippen molar-refractivity contribution in [1.82, 2.24) is 19.6 Å². The Morgan fingerprint density at radius 3 is 2.52 bits per heavy atom. The van der Waals surface area contributed by atoms with Crippen LogP contribution in [0.2, 0.25) is 10.0 Å². The maximum atomic E-state index is 12.6. The van der Waals surface area contributed by atoms with Gasteiger partial charge in [0.25, 0.3) is 5.91 Å². The van der Waals surface area contributed by atoms with E-state index in [1.807, 2.05) is 48.0 Å². The van der Waals surface area contributed by atoms with Crippen LogP contribution in [0.3, 0.4) is 0 Å². The number of hydrogen-bond acceptors (Lipinski definition) is 4. The summed E-state index contributed by atoms with van der Waals surface area (Å²) in [6, 6.07) is 18.5. The van der Waals surface area contributed by atoms with E-state index in [-0.39, 0.29) is 18.3 Å². The van der Waals surface area contributed by atoms with Crippen molar-refractivity contribution in [3.63, 3.8) is 0 Å². The fourth-order valence-electron chi connectivity index (χ4n) is 2.97. The molecule has 4 rings (SSSR count). The predicted octanol–water partition coefficient (Wildman–Crippen LogP) is 5.03. The lowest BCUT2D eigenvalue weighted by molar-refractivity contribution is 0.101. The second-order valence-corrected chi connectivity index (χ2v) is 7.65. The Morgan fingerprint density at radius 1 is 1.03 bits per heavy atom. The van der Waals surface area contributed by atoms with Gasteiger partial charge in [-0.1, -0.05) is 59.6 Å². The molecule has 158 valence electrons. The lowest BCUT2D eigenvalue weighted by Gasteiger charge is -2.09. The molecule has 2 aromatic heterocycles. The van der Waals surface area contributed by atoms with Crippen LogP contribution in [0.15, 0.2) is 66.9 Å². The number of hydrogen-bond donors (Lipinski definition) is 1. The first-order valence-corrected chi connectivity index (χ1v) is 10.2. The summed E-state index contributed by atoms with van der Waals surface area (Å²) in [7, 11) is 0. The minimum atomic E-state index is -0.362. The van der Waals surface area contributed by atoms with Crippen molar-refractivity contribution < 1.29 is 9.53 Å². The monoisotopic (exact) mass is 455 g/mol. The number of amides is 1. The Bertz CT molecular complexity index is 1180. The first-order chi connectivity index (χ1) is 15.0. The van der Waals surface area contributed by atoms with E-state index in [9.17, 15) is 4.79 Å². The van der Waals surface area contributed by atoms with Crippen LogP contribution in [-0.4, -0.2) is 25.5 Å². The molecule has 1 N–H and O–H groups in total. The van der Waals surface area contributed by atoms with E-state index < -0.39 is 0 Å². The molecule has 0 bridgehead atoms. The summed E-state index contributed by atoms with van der Waals surface area (Å²) >= 11 is 12.2. The highest BCUT2D eigenvalue weighted by molar-refractivity contribution is 6.37. The zero-order chi connectivity index (χ0) is 21.8. The molecule has 7 nitrogen and oxygen atoms in total. The summed E-state index contributed by atoms with van der Waals surface area (Å²) in [5, 5.41) is 12.3. The number of para-hydroxylation sites is 1. The van der Waals surface area contributed by atoms with Gasteiger partial charge in [0.2, 0.25) is 0 Å². The molecule has 2 aromatic carbocycles. The van der Waals surface area contributed by atoms with Gasteiger partial charge in [-0.2, -0.15) is 10.2 Å². The molecule has 0 atom stereocenters. The first kappa shape index (κ1) is 21.0. The molecular weight excluding hydrogens is 437 g/mol. The van der Waals surface area contributed by atoms with Gasteiger partial charge in [0.15, 0.2) is 24.0 Å². The van der Waals surface area contributed by atoms with Crippen LogP contribution in [0, 0.1) is 6.92 Å². The third-order valence-corrected chi connectivity index (χ3v) is 5.13. The van der Waals surface area contributed by atoms with Crippen LogP contribution in [0.4, 0.5) is 5.82 Å². The predicted molar refractivity (Wildman–Crippen MR) is 120 cm³/mol. The average Bonchev–Trinajstić information content (AvgIpc) is 3.35. The number of carbonyl (C=O) groups excluding carboxylic acids is 1. The van der Waals surface area contributed by atoms with Crippen LogP contribution in [0.5, 0.6) is 5.75 Å². The quantitative estimate of drug-likeness (QED) is 0.423. The molecule has 9 heteroatoms. The zero-order valence-corrected chi connectivity index (χ0v) is 18.1.